The highest BCUT2D eigenvalue weighted by atomic mass is 16.7. The zero-order chi connectivity index (χ0) is 10.6. The molecule has 5 nitrogen and oxygen atoms in total. The number of nitrogens with two attached hydrogens (primary N) is 2. The van der Waals surface area contributed by atoms with Gasteiger partial charge in [-0.3, -0.25) is 9.63 Å². The molecule has 76 valence electrons. The molecule has 0 saturated carbocycles. The fourth-order valence-corrected chi connectivity index (χ4v) is 1.05. The summed E-state index contributed by atoms with van der Waals surface area (Å²) in [6.45, 7) is 2.16. The number of rotatable bonds is 4. The Hall–Kier alpha value is -1.75. The van der Waals surface area contributed by atoms with Crippen LogP contribution in [0.5, 0.6) is 0 Å². The number of benzene rings is 1. The third-order valence-corrected chi connectivity index (χ3v) is 1.66. The van der Waals surface area contributed by atoms with E-state index in [0.717, 1.165) is 5.06 Å². The summed E-state index contributed by atoms with van der Waals surface area (Å²) in [5, 5.41) is 1.06. The molecular formula is C9H13N3O2. The van der Waals surface area contributed by atoms with Crippen LogP contribution in [-0.4, -0.2) is 13.0 Å². The molecule has 1 amide bonds. The fraction of sp³-hybridized carbons (Fsp3) is 0.222. The van der Waals surface area contributed by atoms with Gasteiger partial charge in [0.2, 0.25) is 6.41 Å². The topological polar surface area (TPSA) is 81.6 Å². The molecular weight excluding hydrogens is 182 g/mol. The molecule has 14 heavy (non-hydrogen) atoms. The summed E-state index contributed by atoms with van der Waals surface area (Å²) in [6.07, 6.45) is 0.550. The first-order valence-corrected chi connectivity index (χ1v) is 4.21. The standard InChI is InChI=1S/C9H13N3O2/c1-2-14-12(6-13)9-5-7(10)3-4-8(9)11/h3-6H,2,10-11H2,1H3. The lowest BCUT2D eigenvalue weighted by molar-refractivity contribution is -0.113. The number of hydroxylamine groups is 1. The van der Waals surface area contributed by atoms with Crippen molar-refractivity contribution in [3.63, 3.8) is 0 Å². The van der Waals surface area contributed by atoms with Crippen molar-refractivity contribution in [2.24, 2.45) is 0 Å². The maximum atomic E-state index is 10.7. The van der Waals surface area contributed by atoms with E-state index in [2.05, 4.69) is 0 Å². The monoisotopic (exact) mass is 195 g/mol. The second-order valence-corrected chi connectivity index (χ2v) is 2.67. The molecule has 0 saturated heterocycles. The van der Waals surface area contributed by atoms with Crippen LogP contribution in [0.25, 0.3) is 0 Å². The normalized spacial score (nSPS) is 9.79. The molecule has 5 heteroatoms. The first-order chi connectivity index (χ1) is 6.69. The van der Waals surface area contributed by atoms with Crippen LogP contribution in [-0.2, 0) is 9.63 Å². The Morgan fingerprint density at radius 1 is 1.50 bits per heavy atom. The van der Waals surface area contributed by atoms with Crippen molar-refractivity contribution in [3.05, 3.63) is 18.2 Å². The summed E-state index contributed by atoms with van der Waals surface area (Å²) < 4.78 is 0. The first kappa shape index (κ1) is 10.3. The Morgan fingerprint density at radius 2 is 2.21 bits per heavy atom. The van der Waals surface area contributed by atoms with Gasteiger partial charge in [-0.1, -0.05) is 0 Å². The van der Waals surface area contributed by atoms with Gasteiger partial charge in [0.05, 0.1) is 18.0 Å². The third kappa shape index (κ3) is 2.14. The fourth-order valence-electron chi connectivity index (χ4n) is 1.05. The summed E-state index contributed by atoms with van der Waals surface area (Å²) in [5.74, 6) is 0. The van der Waals surface area contributed by atoms with Crippen molar-refractivity contribution >= 4 is 23.5 Å². The number of hydrogen-bond donors (Lipinski definition) is 2. The molecule has 0 aliphatic carbocycles. The van der Waals surface area contributed by atoms with Crippen LogP contribution >= 0.6 is 0 Å². The van der Waals surface area contributed by atoms with E-state index >= 15 is 0 Å². The molecule has 0 aromatic heterocycles. The van der Waals surface area contributed by atoms with Gasteiger partial charge in [-0.2, -0.15) is 5.06 Å². The molecule has 0 atom stereocenters. The average Bonchev–Trinajstić information content (AvgIpc) is 2.18. The minimum atomic E-state index is 0.382. The third-order valence-electron chi connectivity index (χ3n) is 1.66. The van der Waals surface area contributed by atoms with Crippen LogP contribution in [0.2, 0.25) is 0 Å². The zero-order valence-electron chi connectivity index (χ0n) is 7.93. The highest BCUT2D eigenvalue weighted by molar-refractivity contribution is 5.82. The van der Waals surface area contributed by atoms with Gasteiger partial charge < -0.3 is 11.5 Å². The van der Waals surface area contributed by atoms with Crippen LogP contribution in [0.1, 0.15) is 6.92 Å². The molecule has 0 aliphatic rings. The molecule has 0 aliphatic heterocycles. The van der Waals surface area contributed by atoms with Crippen molar-refractivity contribution in [1.29, 1.82) is 0 Å². The second-order valence-electron chi connectivity index (χ2n) is 2.67. The van der Waals surface area contributed by atoms with E-state index in [9.17, 15) is 4.79 Å². The van der Waals surface area contributed by atoms with Gasteiger partial charge in [0.1, 0.15) is 0 Å². The largest absolute Gasteiger partial charge is 0.399 e. The van der Waals surface area contributed by atoms with Crippen molar-refractivity contribution in [3.8, 4) is 0 Å². The smallest absolute Gasteiger partial charge is 0.238 e. The predicted octanol–water partition coefficient (Wildman–Crippen LogP) is 0.765. The highest BCUT2D eigenvalue weighted by Crippen LogP contribution is 2.24. The first-order valence-electron chi connectivity index (χ1n) is 4.21. The van der Waals surface area contributed by atoms with E-state index in [1.54, 1.807) is 25.1 Å². The minimum absolute atomic E-state index is 0.382. The molecule has 1 aromatic carbocycles. The summed E-state index contributed by atoms with van der Waals surface area (Å²) in [6, 6.07) is 4.87. The zero-order valence-corrected chi connectivity index (χ0v) is 7.93. The molecule has 1 rings (SSSR count). The van der Waals surface area contributed by atoms with E-state index < -0.39 is 0 Å². The Balaban J connectivity index is 3.01. The van der Waals surface area contributed by atoms with Crippen molar-refractivity contribution in [2.75, 3.05) is 23.1 Å². The lowest BCUT2D eigenvalue weighted by atomic mass is 10.2. The number of anilines is 3. The summed E-state index contributed by atoms with van der Waals surface area (Å²) in [5.41, 5.74) is 12.7. The molecule has 0 heterocycles. The van der Waals surface area contributed by atoms with Crippen LogP contribution < -0.4 is 16.5 Å². The van der Waals surface area contributed by atoms with E-state index in [4.69, 9.17) is 16.3 Å². The van der Waals surface area contributed by atoms with Gasteiger partial charge >= 0.3 is 0 Å². The van der Waals surface area contributed by atoms with Crippen LogP contribution in [0.15, 0.2) is 18.2 Å². The van der Waals surface area contributed by atoms with E-state index in [0.29, 0.717) is 30.1 Å². The molecule has 4 N–H and O–H groups in total. The Bertz CT molecular complexity index is 328. The Morgan fingerprint density at radius 3 is 2.79 bits per heavy atom. The van der Waals surface area contributed by atoms with Gasteiger partial charge in [0.15, 0.2) is 0 Å². The van der Waals surface area contributed by atoms with Crippen LogP contribution in [0.3, 0.4) is 0 Å². The van der Waals surface area contributed by atoms with E-state index in [-0.39, 0.29) is 0 Å². The Labute approximate surface area is 82.2 Å². The number of carbonyl (C=O) groups excluding carboxylic acids is 1. The SMILES string of the molecule is CCON(C=O)c1cc(N)ccc1N. The van der Waals surface area contributed by atoms with E-state index in [1.165, 1.54) is 0 Å². The molecule has 0 spiro atoms. The van der Waals surface area contributed by atoms with Gasteiger partial charge in [-0.15, -0.1) is 0 Å². The van der Waals surface area contributed by atoms with Crippen LogP contribution in [0, 0.1) is 0 Å². The number of hydrogen-bond acceptors (Lipinski definition) is 4. The van der Waals surface area contributed by atoms with Crippen molar-refractivity contribution in [1.82, 2.24) is 0 Å². The number of amides is 1. The lowest BCUT2D eigenvalue weighted by Gasteiger charge is -2.17. The maximum absolute atomic E-state index is 10.7. The predicted molar refractivity (Wildman–Crippen MR) is 55.4 cm³/mol. The summed E-state index contributed by atoms with van der Waals surface area (Å²) >= 11 is 0. The van der Waals surface area contributed by atoms with Gasteiger partial charge in [0.25, 0.3) is 0 Å². The quantitative estimate of drug-likeness (QED) is 0.422. The molecule has 0 unspecified atom stereocenters. The summed E-state index contributed by atoms with van der Waals surface area (Å²) in [7, 11) is 0. The van der Waals surface area contributed by atoms with Gasteiger partial charge in [-0.05, 0) is 25.1 Å². The Kier molecular flexibility index (Phi) is 3.30. The molecule has 0 fully saturated rings. The molecule has 0 radical (unpaired) electrons. The second kappa shape index (κ2) is 4.48. The number of nitrogen functional groups attached to an aromatic ring is 2. The summed E-state index contributed by atoms with van der Waals surface area (Å²) in [4.78, 5) is 15.7. The van der Waals surface area contributed by atoms with Gasteiger partial charge in [-0.25, -0.2) is 0 Å². The minimum Gasteiger partial charge on any atom is -0.399 e. The average molecular weight is 195 g/mol. The number of nitrogens with zero attached hydrogens (tertiary/aromatic N) is 1. The van der Waals surface area contributed by atoms with Crippen molar-refractivity contribution in [2.45, 2.75) is 6.92 Å². The highest BCUT2D eigenvalue weighted by Gasteiger charge is 2.09. The maximum Gasteiger partial charge on any atom is 0.238 e. The molecule has 1 aromatic rings. The molecule has 0 bridgehead atoms. The van der Waals surface area contributed by atoms with Crippen LogP contribution in [0.4, 0.5) is 17.1 Å². The lowest BCUT2D eigenvalue weighted by Crippen LogP contribution is -2.22. The number of carbonyl (C=O) groups is 1. The van der Waals surface area contributed by atoms with Gasteiger partial charge in [0, 0.05) is 5.69 Å². The van der Waals surface area contributed by atoms with E-state index in [1.807, 2.05) is 0 Å². The van der Waals surface area contributed by atoms with Crippen molar-refractivity contribution < 1.29 is 9.63 Å².